The van der Waals surface area contributed by atoms with E-state index in [2.05, 4.69) is 41.4 Å². The zero-order valence-corrected chi connectivity index (χ0v) is 11.5. The topological polar surface area (TPSA) is 30.3 Å². The van der Waals surface area contributed by atoms with Gasteiger partial charge in [0.1, 0.15) is 0 Å². The molecule has 0 spiro atoms. The first kappa shape index (κ1) is 12.0. The summed E-state index contributed by atoms with van der Waals surface area (Å²) in [6.45, 7) is 2.80. The molecule has 0 unspecified atom stereocenters. The van der Waals surface area contributed by atoms with Gasteiger partial charge >= 0.3 is 0 Å². The summed E-state index contributed by atoms with van der Waals surface area (Å²) >= 11 is 0. The van der Waals surface area contributed by atoms with Crippen molar-refractivity contribution in [1.82, 2.24) is 9.78 Å². The number of fused-ring (bicyclic) bond motifs is 2. The van der Waals surface area contributed by atoms with Gasteiger partial charge in [0, 0.05) is 25.4 Å². The van der Waals surface area contributed by atoms with Gasteiger partial charge < -0.3 is 9.64 Å². The van der Waals surface area contributed by atoms with Crippen LogP contribution in [-0.2, 0) is 11.3 Å². The number of benzene rings is 1. The molecule has 2 aliphatic heterocycles. The summed E-state index contributed by atoms with van der Waals surface area (Å²) in [5.74, 6) is 1.08. The molecule has 104 valence electrons. The molecule has 0 radical (unpaired) electrons. The van der Waals surface area contributed by atoms with Crippen LogP contribution in [0, 0.1) is 0 Å². The van der Waals surface area contributed by atoms with Gasteiger partial charge in [0.25, 0.3) is 0 Å². The molecule has 0 N–H and O–H groups in total. The second-order valence-corrected chi connectivity index (χ2v) is 5.72. The number of hydrogen-bond donors (Lipinski definition) is 0. The predicted octanol–water partition coefficient (Wildman–Crippen LogP) is 2.30. The van der Waals surface area contributed by atoms with Crippen molar-refractivity contribution < 1.29 is 4.74 Å². The molecule has 4 heteroatoms. The number of morpholine rings is 1. The number of ether oxygens (including phenoxy) is 1. The summed E-state index contributed by atoms with van der Waals surface area (Å²) in [5, 5.41) is 4.71. The van der Waals surface area contributed by atoms with E-state index in [-0.39, 0.29) is 0 Å². The Bertz CT molecular complexity index is 568. The normalized spacial score (nSPS) is 25.1. The Kier molecular flexibility index (Phi) is 2.96. The fourth-order valence-corrected chi connectivity index (χ4v) is 3.18. The van der Waals surface area contributed by atoms with Crippen molar-refractivity contribution in [3.8, 4) is 0 Å². The third kappa shape index (κ3) is 2.31. The van der Waals surface area contributed by atoms with Crippen LogP contribution in [0.2, 0.25) is 0 Å². The van der Waals surface area contributed by atoms with Gasteiger partial charge in [-0.15, -0.1) is 0 Å². The van der Waals surface area contributed by atoms with Crippen LogP contribution in [0.15, 0.2) is 42.6 Å². The number of hydrogen-bond acceptors (Lipinski definition) is 3. The van der Waals surface area contributed by atoms with Crippen LogP contribution in [0.4, 0.5) is 5.82 Å². The summed E-state index contributed by atoms with van der Waals surface area (Å²) in [4.78, 5) is 2.37. The molecule has 2 aliphatic rings. The largest absolute Gasteiger partial charge is 0.371 e. The monoisotopic (exact) mass is 269 g/mol. The Balaban J connectivity index is 1.48. The fraction of sp³-hybridized carbons (Fsp3) is 0.438. The lowest BCUT2D eigenvalue weighted by molar-refractivity contribution is 0.0302. The summed E-state index contributed by atoms with van der Waals surface area (Å²) < 4.78 is 7.89. The minimum atomic E-state index is 0.410. The lowest BCUT2D eigenvalue weighted by Crippen LogP contribution is -2.42. The van der Waals surface area contributed by atoms with Gasteiger partial charge in [-0.1, -0.05) is 30.3 Å². The van der Waals surface area contributed by atoms with Crippen LogP contribution in [0.5, 0.6) is 0 Å². The minimum absolute atomic E-state index is 0.410. The molecule has 1 aromatic carbocycles. The maximum Gasteiger partial charge on any atom is 0.150 e. The van der Waals surface area contributed by atoms with Gasteiger partial charge in [0.05, 0.1) is 18.8 Å². The highest BCUT2D eigenvalue weighted by Gasteiger charge is 2.34. The third-order valence-electron chi connectivity index (χ3n) is 4.18. The minimum Gasteiger partial charge on any atom is -0.371 e. The Hall–Kier alpha value is -1.81. The van der Waals surface area contributed by atoms with Crippen LogP contribution in [-0.4, -0.2) is 35.1 Å². The highest BCUT2D eigenvalue weighted by atomic mass is 16.5. The molecule has 2 fully saturated rings. The Labute approximate surface area is 119 Å². The van der Waals surface area contributed by atoms with Gasteiger partial charge in [0.15, 0.2) is 5.82 Å². The van der Waals surface area contributed by atoms with E-state index in [9.17, 15) is 0 Å². The molecule has 2 aromatic rings. The van der Waals surface area contributed by atoms with Crippen molar-refractivity contribution in [1.29, 1.82) is 0 Å². The second kappa shape index (κ2) is 4.94. The molecular weight excluding hydrogens is 250 g/mol. The van der Waals surface area contributed by atoms with Crippen LogP contribution in [0.3, 0.4) is 0 Å². The number of anilines is 1. The summed E-state index contributed by atoms with van der Waals surface area (Å²) in [6, 6.07) is 12.6. The van der Waals surface area contributed by atoms with E-state index in [0.717, 1.165) is 25.5 Å². The molecule has 0 aliphatic carbocycles. The van der Waals surface area contributed by atoms with Crippen molar-refractivity contribution in [2.75, 3.05) is 18.0 Å². The van der Waals surface area contributed by atoms with Crippen LogP contribution in [0.1, 0.15) is 18.4 Å². The first-order valence-electron chi connectivity index (χ1n) is 7.34. The molecule has 2 bridgehead atoms. The SMILES string of the molecule is c1ccc(Cn2ccc(N3C[C@H]4CC[C@@H](C3)O4)n2)cc1. The zero-order valence-electron chi connectivity index (χ0n) is 11.5. The fourth-order valence-electron chi connectivity index (χ4n) is 3.18. The van der Waals surface area contributed by atoms with Crippen LogP contribution in [0.25, 0.3) is 0 Å². The van der Waals surface area contributed by atoms with Crippen LogP contribution < -0.4 is 4.90 Å². The van der Waals surface area contributed by atoms with Crippen molar-refractivity contribution in [2.45, 2.75) is 31.6 Å². The van der Waals surface area contributed by atoms with Gasteiger partial charge in [-0.2, -0.15) is 5.10 Å². The van der Waals surface area contributed by atoms with Crippen molar-refractivity contribution >= 4 is 5.82 Å². The van der Waals surface area contributed by atoms with Crippen LogP contribution >= 0.6 is 0 Å². The molecule has 4 nitrogen and oxygen atoms in total. The van der Waals surface area contributed by atoms with Crippen molar-refractivity contribution in [3.63, 3.8) is 0 Å². The lowest BCUT2D eigenvalue weighted by Gasteiger charge is -2.32. The standard InChI is InChI=1S/C16H19N3O/c1-2-4-13(5-3-1)10-19-9-8-16(17-19)18-11-14-6-7-15(12-18)20-14/h1-5,8-9,14-15H,6-7,10-12H2/t14-,15+. The Morgan fingerprint density at radius 2 is 1.80 bits per heavy atom. The Morgan fingerprint density at radius 3 is 2.55 bits per heavy atom. The number of rotatable bonds is 3. The first-order valence-corrected chi connectivity index (χ1v) is 7.34. The lowest BCUT2D eigenvalue weighted by atomic mass is 10.2. The van der Waals surface area contributed by atoms with Gasteiger partial charge in [-0.3, -0.25) is 4.68 Å². The summed E-state index contributed by atoms with van der Waals surface area (Å²) in [7, 11) is 0. The number of aromatic nitrogens is 2. The average Bonchev–Trinajstić information content (AvgIpc) is 3.07. The molecule has 2 saturated heterocycles. The molecular formula is C16H19N3O. The summed E-state index contributed by atoms with van der Waals surface area (Å²) in [6.07, 6.45) is 5.29. The molecule has 3 heterocycles. The average molecular weight is 269 g/mol. The van der Waals surface area contributed by atoms with Gasteiger partial charge in [-0.05, 0) is 18.4 Å². The molecule has 20 heavy (non-hydrogen) atoms. The summed E-state index contributed by atoms with van der Waals surface area (Å²) in [5.41, 5.74) is 1.28. The van der Waals surface area contributed by atoms with Gasteiger partial charge in [-0.25, -0.2) is 0 Å². The smallest absolute Gasteiger partial charge is 0.150 e. The molecule has 4 rings (SSSR count). The zero-order chi connectivity index (χ0) is 13.4. The molecule has 0 saturated carbocycles. The molecule has 0 amide bonds. The van der Waals surface area contributed by atoms with Crippen molar-refractivity contribution in [2.24, 2.45) is 0 Å². The third-order valence-corrected chi connectivity index (χ3v) is 4.18. The highest BCUT2D eigenvalue weighted by molar-refractivity contribution is 5.38. The van der Waals surface area contributed by atoms with E-state index < -0.39 is 0 Å². The molecule has 1 aromatic heterocycles. The van der Waals surface area contributed by atoms with E-state index in [1.54, 1.807) is 0 Å². The van der Waals surface area contributed by atoms with E-state index in [1.807, 2.05) is 10.7 Å². The first-order chi connectivity index (χ1) is 9.87. The quantitative estimate of drug-likeness (QED) is 0.856. The van der Waals surface area contributed by atoms with E-state index >= 15 is 0 Å². The maximum absolute atomic E-state index is 5.88. The van der Waals surface area contributed by atoms with E-state index in [1.165, 1.54) is 18.4 Å². The number of nitrogens with zero attached hydrogens (tertiary/aromatic N) is 3. The van der Waals surface area contributed by atoms with E-state index in [4.69, 9.17) is 9.84 Å². The van der Waals surface area contributed by atoms with Gasteiger partial charge in [0.2, 0.25) is 0 Å². The second-order valence-electron chi connectivity index (χ2n) is 5.72. The van der Waals surface area contributed by atoms with Crippen molar-refractivity contribution in [3.05, 3.63) is 48.2 Å². The Morgan fingerprint density at radius 1 is 1.05 bits per heavy atom. The maximum atomic E-state index is 5.88. The van der Waals surface area contributed by atoms with E-state index in [0.29, 0.717) is 12.2 Å². The highest BCUT2D eigenvalue weighted by Crippen LogP contribution is 2.28. The molecule has 2 atom stereocenters. The predicted molar refractivity (Wildman–Crippen MR) is 77.9 cm³/mol.